The van der Waals surface area contributed by atoms with Gasteiger partial charge in [-0.3, -0.25) is 14.1 Å². The van der Waals surface area contributed by atoms with Gasteiger partial charge in [0.15, 0.2) is 31.5 Å². The lowest BCUT2D eigenvalue weighted by Crippen LogP contribution is -2.68. The van der Waals surface area contributed by atoms with E-state index in [0.29, 0.717) is 38.5 Å². The Hall–Kier alpha value is -2.39. The molecule has 0 aromatic carbocycles. The molecule has 6 heterocycles. The van der Waals surface area contributed by atoms with Crippen molar-refractivity contribution in [1.29, 1.82) is 0 Å². The van der Waals surface area contributed by atoms with E-state index in [1.54, 1.807) is 0 Å². The van der Waals surface area contributed by atoms with E-state index in [9.17, 15) is 78.7 Å². The molecule has 6 aliphatic heterocycles. The van der Waals surface area contributed by atoms with Crippen LogP contribution >= 0.6 is 0 Å². The number of methoxy groups -OCH3 is 1. The highest BCUT2D eigenvalue weighted by atomic mass is 32.3. The number of aliphatic hydroxyl groups excluding tert-OH is 11. The molecule has 10 rings (SSSR count). The molecular formula is C60H94O29S. The summed E-state index contributed by atoms with van der Waals surface area (Å²) in [6.07, 6.45) is -33.4. The minimum Gasteiger partial charge on any atom is -0.458 e. The van der Waals surface area contributed by atoms with Gasteiger partial charge in [0.25, 0.3) is 0 Å². The second-order valence-electron chi connectivity index (χ2n) is 28.0. The maximum atomic E-state index is 14.5. The average molecular weight is 1310 g/mol. The number of rotatable bonds is 20. The second-order valence-corrected chi connectivity index (χ2v) is 29.0. The van der Waals surface area contributed by atoms with Gasteiger partial charge in [-0.15, -0.1) is 6.58 Å². The summed E-state index contributed by atoms with van der Waals surface area (Å²) >= 11 is 0. The fraction of sp³-hybridized carbons (Fsp3) is 0.900. The zero-order valence-electron chi connectivity index (χ0n) is 52.0. The predicted molar refractivity (Wildman–Crippen MR) is 302 cm³/mol. The van der Waals surface area contributed by atoms with E-state index in [4.69, 9.17) is 61.0 Å². The van der Waals surface area contributed by atoms with Crippen LogP contribution in [0, 0.1) is 39.4 Å². The van der Waals surface area contributed by atoms with Gasteiger partial charge in [0.05, 0.1) is 50.0 Å². The molecule has 6 saturated heterocycles. The van der Waals surface area contributed by atoms with Crippen LogP contribution in [0.3, 0.4) is 0 Å². The number of ketones is 1. The maximum absolute atomic E-state index is 14.5. The number of Topliss-reactive ketones (excluding diaryl/α,β-unsaturated/α-hetero) is 1. The standard InChI is InChI=1S/C60H94O29S/c1-25(2)12-10-11-17-59(8)49-29(63)20-58(7)28-13-14-34-56(4,5)35(16-18-57(34,6)27(28)15-19-60(49,58)55(73)88-59)83-53-47(39(68)33(24-79-53)89-90(74,75)76)87-54-48(86-50-40(69)36(65)30(64)23-78-50)41(70)44(26(3)80-54)84-52-43(72)46(38(67)32(22-62)82-52)85-51-42(71)45(77-9)37(66)31(21-61)81-51/h13,26-27,30-54,61-62,64-72H,1,10-12,14-24H2,2-9H3,(H,74,75,76)/t26-,27+,30-,31-,32-,33-,34-,35+,36+,37-,38-,39+,40-,41+,42-,43-,44-,45+,46+,47-,48-,49+,50+,51+,52+,53+,54+,57+,58+,59+,60+/m1/s1. The van der Waals surface area contributed by atoms with Gasteiger partial charge in [-0.2, -0.15) is 8.42 Å². The molecule has 0 aromatic heterocycles. The van der Waals surface area contributed by atoms with Crippen LogP contribution in [-0.4, -0.2) is 267 Å². The average Bonchev–Trinajstić information content (AvgIpc) is 1.45. The van der Waals surface area contributed by atoms with Gasteiger partial charge in [-0.25, -0.2) is 4.18 Å². The van der Waals surface area contributed by atoms with E-state index in [-0.39, 0.29) is 35.4 Å². The van der Waals surface area contributed by atoms with E-state index in [1.807, 2.05) is 27.7 Å². The van der Waals surface area contributed by atoms with Gasteiger partial charge in [0, 0.05) is 18.9 Å². The number of unbranched alkanes of at least 4 members (excludes halogenated alkanes) is 1. The van der Waals surface area contributed by atoms with Crippen LogP contribution in [0.15, 0.2) is 23.8 Å². The number of allylic oxidation sites excluding steroid dienone is 3. The zero-order valence-corrected chi connectivity index (χ0v) is 52.8. The quantitative estimate of drug-likeness (QED) is 0.0285. The summed E-state index contributed by atoms with van der Waals surface area (Å²) in [6.45, 7) is 14.8. The summed E-state index contributed by atoms with van der Waals surface area (Å²) in [5.74, 6) is -0.952. The number of hydrogen-bond acceptors (Lipinski definition) is 28. The molecule has 1 spiro atoms. The molecule has 4 aliphatic carbocycles. The Bertz CT molecular complexity index is 2720. The van der Waals surface area contributed by atoms with Crippen molar-refractivity contribution >= 4 is 22.2 Å². The van der Waals surface area contributed by atoms with Crippen molar-refractivity contribution in [3.05, 3.63) is 23.8 Å². The number of ether oxygens (including phenoxy) is 12. The lowest BCUT2D eigenvalue weighted by molar-refractivity contribution is -0.403. The van der Waals surface area contributed by atoms with Crippen LogP contribution in [0.25, 0.3) is 0 Å². The molecule has 12 N–H and O–H groups in total. The largest absolute Gasteiger partial charge is 0.458 e. The highest BCUT2D eigenvalue weighted by molar-refractivity contribution is 7.80. The lowest BCUT2D eigenvalue weighted by Gasteiger charge is -2.63. The Labute approximate surface area is 522 Å². The molecule has 0 aromatic rings. The topological polar surface area (TPSA) is 431 Å². The first-order valence-electron chi connectivity index (χ1n) is 31.3. The third-order valence-corrected chi connectivity index (χ3v) is 22.6. The van der Waals surface area contributed by atoms with Crippen molar-refractivity contribution in [2.45, 2.75) is 266 Å². The van der Waals surface area contributed by atoms with E-state index in [1.165, 1.54) is 6.92 Å². The fourth-order valence-electron chi connectivity index (χ4n) is 17.4. The van der Waals surface area contributed by atoms with Crippen LogP contribution in [0.1, 0.15) is 113 Å². The molecule has 0 bridgehead atoms. The summed E-state index contributed by atoms with van der Waals surface area (Å²) in [5.41, 5.74) is -1.65. The number of hydrogen-bond donors (Lipinski definition) is 12. The normalized spacial score (nSPS) is 50.3. The van der Waals surface area contributed by atoms with Crippen molar-refractivity contribution in [3.8, 4) is 0 Å². The van der Waals surface area contributed by atoms with Crippen molar-refractivity contribution in [3.63, 3.8) is 0 Å². The minimum absolute atomic E-state index is 0.0233. The van der Waals surface area contributed by atoms with E-state index in [2.05, 4.69) is 26.5 Å². The molecule has 31 atom stereocenters. The first kappa shape index (κ1) is 70.4. The number of aliphatic hydroxyl groups is 11. The molecule has 0 radical (unpaired) electrons. The number of carbonyl (C=O) groups is 2. The monoisotopic (exact) mass is 1310 g/mol. The summed E-state index contributed by atoms with van der Waals surface area (Å²) in [5, 5.41) is 122. The Balaban J connectivity index is 0.904. The van der Waals surface area contributed by atoms with Crippen LogP contribution in [0.2, 0.25) is 0 Å². The Morgan fingerprint density at radius 3 is 1.91 bits per heavy atom. The number of esters is 1. The third kappa shape index (κ3) is 12.4. The third-order valence-electron chi connectivity index (χ3n) is 22.1. The maximum Gasteiger partial charge on any atom is 0.397 e. The summed E-state index contributed by atoms with van der Waals surface area (Å²) in [7, 11) is -4.11. The predicted octanol–water partition coefficient (Wildman–Crippen LogP) is -1.53. The van der Waals surface area contributed by atoms with Crippen LogP contribution < -0.4 is 0 Å². The van der Waals surface area contributed by atoms with Gasteiger partial charge in [-0.05, 0) is 101 Å². The molecule has 3 saturated carbocycles. The zero-order chi connectivity index (χ0) is 65.7. The Morgan fingerprint density at radius 2 is 1.28 bits per heavy atom. The van der Waals surface area contributed by atoms with Crippen LogP contribution in [0.4, 0.5) is 0 Å². The van der Waals surface area contributed by atoms with Gasteiger partial charge < -0.3 is 113 Å². The Morgan fingerprint density at radius 1 is 0.678 bits per heavy atom. The van der Waals surface area contributed by atoms with Crippen molar-refractivity contribution < 1.29 is 140 Å². The molecule has 29 nitrogen and oxygen atoms in total. The molecular weight excluding hydrogens is 1220 g/mol. The van der Waals surface area contributed by atoms with Gasteiger partial charge in [-0.1, -0.05) is 44.9 Å². The van der Waals surface area contributed by atoms with E-state index < -0.39 is 212 Å². The lowest BCUT2D eigenvalue weighted by atomic mass is 9.41. The smallest absolute Gasteiger partial charge is 0.397 e. The SMILES string of the molecule is C=C(C)CCCC[C@]1(C)OC(=O)[C@@]23CC[C@H]4C(=CC[C@@H]5C(C)(C)[C@@H](O[C@@H]6OC[C@@H](OS(=O)(=O)O)[C@H](O)[C@H]6O[C@@H]6O[C@H](C)[C@@H](O[C@@H]7O[C@H](CO)[C@@H](O)[C@H](O[C@@H]8O[C@H](CO)[C@@H](O)[C@H](OC)[C@H]8O)[C@H]7O)[C@H](O)[C@H]6O[C@@H]6OC[C@@H](O)[C@H](O)[C@H]6O)CC[C@]54C)[C@]2(C)CC(=O)[C@@H]13. The number of fused-ring (bicyclic) bond motifs is 4. The first-order valence-corrected chi connectivity index (χ1v) is 32.7. The molecule has 30 heteroatoms. The van der Waals surface area contributed by atoms with Crippen molar-refractivity contribution in [2.24, 2.45) is 39.4 Å². The van der Waals surface area contributed by atoms with Crippen LogP contribution in [0.5, 0.6) is 0 Å². The van der Waals surface area contributed by atoms with Gasteiger partial charge >= 0.3 is 16.4 Å². The highest BCUT2D eigenvalue weighted by Crippen LogP contribution is 2.75. The summed E-state index contributed by atoms with van der Waals surface area (Å²) in [4.78, 5) is 29.0. The number of carbonyl (C=O) groups excluding carboxylic acids is 2. The first-order chi connectivity index (χ1) is 42.2. The Kier molecular flexibility index (Phi) is 20.8. The van der Waals surface area contributed by atoms with Crippen molar-refractivity contribution in [2.75, 3.05) is 33.5 Å². The van der Waals surface area contributed by atoms with Crippen molar-refractivity contribution in [1.82, 2.24) is 0 Å². The van der Waals surface area contributed by atoms with E-state index >= 15 is 0 Å². The second kappa shape index (κ2) is 26.6. The molecule has 10 aliphatic rings. The summed E-state index contributed by atoms with van der Waals surface area (Å²) < 4.78 is 112. The number of cyclic esters (lactones) is 1. The highest BCUT2D eigenvalue weighted by Gasteiger charge is 2.79. The molecule has 0 unspecified atom stereocenters. The molecule has 514 valence electrons. The van der Waals surface area contributed by atoms with Gasteiger partial charge in [0.1, 0.15) is 115 Å². The molecule has 0 amide bonds. The molecule has 9 fully saturated rings. The summed E-state index contributed by atoms with van der Waals surface area (Å²) in [6, 6.07) is 0. The van der Waals surface area contributed by atoms with Gasteiger partial charge in [0.2, 0.25) is 0 Å². The minimum atomic E-state index is -5.27. The fourth-order valence-corrected chi connectivity index (χ4v) is 17.9. The molecule has 90 heavy (non-hydrogen) atoms. The van der Waals surface area contributed by atoms with Crippen LogP contribution in [-0.2, 0) is 81.0 Å². The van der Waals surface area contributed by atoms with E-state index in [0.717, 1.165) is 37.5 Å².